The molecule has 5 heteroatoms. The summed E-state index contributed by atoms with van der Waals surface area (Å²) < 4.78 is 2.13. The molecule has 1 aromatic carbocycles. The molecule has 0 spiro atoms. The van der Waals surface area contributed by atoms with Crippen LogP contribution < -0.4 is 4.90 Å². The zero-order valence-corrected chi connectivity index (χ0v) is 14.7. The zero-order chi connectivity index (χ0) is 14.0. The molecule has 0 saturated carbocycles. The molecule has 1 atom stereocenters. The zero-order valence-electron chi connectivity index (χ0n) is 10.7. The number of hydrogen-bond donors (Lipinski definition) is 1. The number of halogens is 2. The van der Waals surface area contributed by atoms with E-state index < -0.39 is 6.10 Å². The van der Waals surface area contributed by atoms with Gasteiger partial charge in [-0.1, -0.05) is 15.9 Å². The predicted octanol–water partition coefficient (Wildman–Crippen LogP) is 4.96. The first-order chi connectivity index (χ1) is 8.97. The van der Waals surface area contributed by atoms with Crippen molar-refractivity contribution in [3.63, 3.8) is 0 Å². The predicted molar refractivity (Wildman–Crippen MR) is 88.9 cm³/mol. The van der Waals surface area contributed by atoms with Crippen molar-refractivity contribution in [2.24, 2.45) is 0 Å². The quantitative estimate of drug-likeness (QED) is 0.777. The second-order valence-electron chi connectivity index (χ2n) is 4.49. The van der Waals surface area contributed by atoms with Gasteiger partial charge in [-0.2, -0.15) is 0 Å². The molecule has 0 bridgehead atoms. The lowest BCUT2D eigenvalue weighted by molar-refractivity contribution is 0.199. The topological polar surface area (TPSA) is 23.5 Å². The maximum absolute atomic E-state index is 9.90. The molecule has 1 aromatic heterocycles. The molecule has 0 aliphatic heterocycles. The van der Waals surface area contributed by atoms with E-state index in [1.54, 1.807) is 18.3 Å². The summed E-state index contributed by atoms with van der Waals surface area (Å²) in [5, 5.41) is 12.0. The Morgan fingerprint density at radius 1 is 1.32 bits per heavy atom. The molecule has 19 heavy (non-hydrogen) atoms. The van der Waals surface area contributed by atoms with Gasteiger partial charge in [-0.05, 0) is 58.1 Å². The number of thiophene rings is 1. The SMILES string of the molecule is CC(O)c1cc(Br)ccc1N(C)Cc1csc(Br)c1. The summed E-state index contributed by atoms with van der Waals surface area (Å²) in [6.45, 7) is 2.61. The van der Waals surface area contributed by atoms with Crippen molar-refractivity contribution in [1.82, 2.24) is 0 Å². The highest BCUT2D eigenvalue weighted by atomic mass is 79.9. The maximum atomic E-state index is 9.90. The van der Waals surface area contributed by atoms with Gasteiger partial charge < -0.3 is 10.0 Å². The summed E-state index contributed by atoms with van der Waals surface area (Å²) in [7, 11) is 2.04. The van der Waals surface area contributed by atoms with Crippen LogP contribution in [-0.2, 0) is 6.54 Å². The average Bonchev–Trinajstić information content (AvgIpc) is 2.74. The van der Waals surface area contributed by atoms with E-state index in [0.717, 1.165) is 26.1 Å². The third-order valence-electron chi connectivity index (χ3n) is 2.89. The van der Waals surface area contributed by atoms with Crippen LogP contribution in [-0.4, -0.2) is 12.2 Å². The van der Waals surface area contributed by atoms with E-state index in [1.165, 1.54) is 5.56 Å². The second-order valence-corrected chi connectivity index (χ2v) is 7.70. The number of aliphatic hydroxyl groups excluding tert-OH is 1. The van der Waals surface area contributed by atoms with Gasteiger partial charge in [-0.3, -0.25) is 0 Å². The molecule has 0 aliphatic carbocycles. The average molecular weight is 405 g/mol. The summed E-state index contributed by atoms with van der Waals surface area (Å²) in [6, 6.07) is 8.14. The minimum Gasteiger partial charge on any atom is -0.389 e. The van der Waals surface area contributed by atoms with E-state index in [9.17, 15) is 5.11 Å². The smallest absolute Gasteiger partial charge is 0.0782 e. The fourth-order valence-electron chi connectivity index (χ4n) is 2.00. The van der Waals surface area contributed by atoms with Crippen LogP contribution >= 0.6 is 43.2 Å². The molecule has 2 aromatic rings. The van der Waals surface area contributed by atoms with Crippen molar-refractivity contribution >= 4 is 48.9 Å². The van der Waals surface area contributed by atoms with Gasteiger partial charge in [0.05, 0.1) is 9.89 Å². The number of hydrogen-bond acceptors (Lipinski definition) is 3. The molecule has 0 fully saturated rings. The molecular weight excluding hydrogens is 390 g/mol. The van der Waals surface area contributed by atoms with Crippen molar-refractivity contribution in [2.75, 3.05) is 11.9 Å². The second kappa shape index (κ2) is 6.39. The first-order valence-electron chi connectivity index (χ1n) is 5.89. The number of aliphatic hydroxyl groups is 1. The largest absolute Gasteiger partial charge is 0.389 e. The fourth-order valence-corrected chi connectivity index (χ4v) is 3.57. The lowest BCUT2D eigenvalue weighted by Gasteiger charge is -2.23. The summed E-state index contributed by atoms with van der Waals surface area (Å²) in [5.41, 5.74) is 3.26. The van der Waals surface area contributed by atoms with E-state index in [0.29, 0.717) is 0 Å². The highest BCUT2D eigenvalue weighted by molar-refractivity contribution is 9.11. The van der Waals surface area contributed by atoms with E-state index in [-0.39, 0.29) is 0 Å². The van der Waals surface area contributed by atoms with Crippen LogP contribution in [0, 0.1) is 0 Å². The van der Waals surface area contributed by atoms with Crippen LogP contribution in [0.25, 0.3) is 0 Å². The lowest BCUT2D eigenvalue weighted by atomic mass is 10.1. The van der Waals surface area contributed by atoms with Gasteiger partial charge in [-0.15, -0.1) is 11.3 Å². The van der Waals surface area contributed by atoms with Crippen molar-refractivity contribution in [2.45, 2.75) is 19.6 Å². The van der Waals surface area contributed by atoms with E-state index >= 15 is 0 Å². The summed E-state index contributed by atoms with van der Waals surface area (Å²) in [5.74, 6) is 0. The Hall–Kier alpha value is -0.360. The first kappa shape index (κ1) is 15.0. The van der Waals surface area contributed by atoms with Gasteiger partial charge in [0.15, 0.2) is 0 Å². The highest BCUT2D eigenvalue weighted by Gasteiger charge is 2.13. The minimum atomic E-state index is -0.482. The number of nitrogens with zero attached hydrogens (tertiary/aromatic N) is 1. The lowest BCUT2D eigenvalue weighted by Crippen LogP contribution is -2.18. The minimum absolute atomic E-state index is 0.482. The number of rotatable bonds is 4. The van der Waals surface area contributed by atoms with Gasteiger partial charge in [0.25, 0.3) is 0 Å². The van der Waals surface area contributed by atoms with E-state index in [4.69, 9.17) is 0 Å². The van der Waals surface area contributed by atoms with Crippen LogP contribution in [0.1, 0.15) is 24.2 Å². The van der Waals surface area contributed by atoms with Crippen molar-refractivity contribution < 1.29 is 5.11 Å². The molecule has 1 N–H and O–H groups in total. The fraction of sp³-hybridized carbons (Fsp3) is 0.286. The standard InChI is InChI=1S/C14H15Br2NOS/c1-9(18)12-6-11(15)3-4-13(12)17(2)7-10-5-14(16)19-8-10/h3-6,8-9,18H,7H2,1-2H3. The first-order valence-corrected chi connectivity index (χ1v) is 8.35. The molecule has 0 amide bonds. The van der Waals surface area contributed by atoms with Crippen molar-refractivity contribution in [1.29, 1.82) is 0 Å². The summed E-state index contributed by atoms with van der Waals surface area (Å²) >= 11 is 8.62. The molecule has 2 rings (SSSR count). The normalized spacial score (nSPS) is 12.5. The number of benzene rings is 1. The Labute approximate surface area is 134 Å². The van der Waals surface area contributed by atoms with E-state index in [2.05, 4.69) is 48.2 Å². The van der Waals surface area contributed by atoms with Gasteiger partial charge in [0.2, 0.25) is 0 Å². The number of anilines is 1. The Kier molecular flexibility index (Phi) is 5.06. The Balaban J connectivity index is 2.25. The summed E-state index contributed by atoms with van der Waals surface area (Å²) in [4.78, 5) is 2.16. The third kappa shape index (κ3) is 3.81. The van der Waals surface area contributed by atoms with Crippen LogP contribution in [0.15, 0.2) is 37.9 Å². The maximum Gasteiger partial charge on any atom is 0.0782 e. The molecule has 1 heterocycles. The Bertz CT molecular complexity index is 568. The van der Waals surface area contributed by atoms with Crippen molar-refractivity contribution in [3.05, 3.63) is 49.0 Å². The molecule has 1 unspecified atom stereocenters. The molecular formula is C14H15Br2NOS. The monoisotopic (exact) mass is 403 g/mol. The van der Waals surface area contributed by atoms with Crippen LogP contribution in [0.5, 0.6) is 0 Å². The van der Waals surface area contributed by atoms with Gasteiger partial charge in [0, 0.05) is 29.3 Å². The highest BCUT2D eigenvalue weighted by Crippen LogP contribution is 2.30. The van der Waals surface area contributed by atoms with Gasteiger partial charge in [-0.25, -0.2) is 0 Å². The third-order valence-corrected chi connectivity index (χ3v) is 4.94. The van der Waals surface area contributed by atoms with Gasteiger partial charge >= 0.3 is 0 Å². The van der Waals surface area contributed by atoms with Crippen LogP contribution in [0.4, 0.5) is 5.69 Å². The molecule has 0 aliphatic rings. The Morgan fingerprint density at radius 2 is 2.05 bits per heavy atom. The van der Waals surface area contributed by atoms with E-state index in [1.807, 2.05) is 25.2 Å². The van der Waals surface area contributed by atoms with Gasteiger partial charge in [0.1, 0.15) is 0 Å². The van der Waals surface area contributed by atoms with Crippen LogP contribution in [0.3, 0.4) is 0 Å². The molecule has 2 nitrogen and oxygen atoms in total. The summed E-state index contributed by atoms with van der Waals surface area (Å²) in [6.07, 6.45) is -0.482. The molecule has 0 radical (unpaired) electrons. The van der Waals surface area contributed by atoms with Crippen molar-refractivity contribution in [3.8, 4) is 0 Å². The molecule has 102 valence electrons. The molecule has 0 saturated heterocycles. The Morgan fingerprint density at radius 3 is 2.63 bits per heavy atom. The van der Waals surface area contributed by atoms with Crippen LogP contribution in [0.2, 0.25) is 0 Å².